The highest BCUT2D eigenvalue weighted by atomic mass is 16.2. The second kappa shape index (κ2) is 9.27. The van der Waals surface area contributed by atoms with Gasteiger partial charge in [0.1, 0.15) is 5.82 Å². The molecule has 3 heterocycles. The quantitative estimate of drug-likeness (QED) is 0.863. The third-order valence-corrected chi connectivity index (χ3v) is 5.03. The van der Waals surface area contributed by atoms with Crippen molar-refractivity contribution in [2.24, 2.45) is 5.92 Å². The van der Waals surface area contributed by atoms with Crippen LogP contribution < -0.4 is 5.73 Å². The van der Waals surface area contributed by atoms with Gasteiger partial charge in [-0.15, -0.1) is 0 Å². The van der Waals surface area contributed by atoms with E-state index in [1.807, 2.05) is 17.0 Å². The molecule has 0 radical (unpaired) electrons. The molecule has 1 aliphatic heterocycles. The molecule has 1 atom stereocenters. The van der Waals surface area contributed by atoms with Gasteiger partial charge in [0.05, 0.1) is 18.1 Å². The Labute approximate surface area is 154 Å². The Morgan fingerprint density at radius 1 is 1.15 bits per heavy atom. The number of aromatic nitrogens is 3. The lowest BCUT2D eigenvalue weighted by Gasteiger charge is -2.20. The fourth-order valence-electron chi connectivity index (χ4n) is 3.54. The number of anilines is 1. The van der Waals surface area contributed by atoms with Crippen LogP contribution in [0, 0.1) is 5.92 Å². The van der Waals surface area contributed by atoms with Crippen LogP contribution in [0.4, 0.5) is 5.82 Å². The summed E-state index contributed by atoms with van der Waals surface area (Å²) in [6.45, 7) is 1.72. The summed E-state index contributed by atoms with van der Waals surface area (Å²) < 4.78 is 0. The third kappa shape index (κ3) is 5.51. The molecule has 1 fully saturated rings. The zero-order chi connectivity index (χ0) is 18.2. The molecule has 6 heteroatoms. The van der Waals surface area contributed by atoms with Gasteiger partial charge in [-0.05, 0) is 62.1 Å². The van der Waals surface area contributed by atoms with Crippen molar-refractivity contribution in [3.8, 4) is 0 Å². The zero-order valence-corrected chi connectivity index (χ0v) is 15.2. The van der Waals surface area contributed by atoms with E-state index in [0.29, 0.717) is 18.2 Å². The summed E-state index contributed by atoms with van der Waals surface area (Å²) in [7, 11) is 0. The molecular formula is C20H27N5O. The van der Waals surface area contributed by atoms with Crippen molar-refractivity contribution in [3.63, 3.8) is 0 Å². The van der Waals surface area contributed by atoms with Crippen LogP contribution in [0.25, 0.3) is 0 Å². The molecule has 1 saturated heterocycles. The minimum atomic E-state index is 0.284. The molecule has 1 aliphatic rings. The molecule has 0 aliphatic carbocycles. The number of aryl methyl sites for hydroxylation is 1. The van der Waals surface area contributed by atoms with Crippen molar-refractivity contribution >= 4 is 11.7 Å². The molecule has 6 nitrogen and oxygen atoms in total. The SMILES string of the molecule is Nc1cnc(C[C@H]2CCCN(C(=O)CCCc3ccncc3)CC2)cn1. The van der Waals surface area contributed by atoms with Gasteiger partial charge in [0.2, 0.25) is 5.91 Å². The average Bonchev–Trinajstić information content (AvgIpc) is 2.90. The lowest BCUT2D eigenvalue weighted by atomic mass is 9.95. The van der Waals surface area contributed by atoms with Crippen molar-refractivity contribution in [1.29, 1.82) is 0 Å². The van der Waals surface area contributed by atoms with Crippen LogP contribution in [-0.2, 0) is 17.6 Å². The Balaban J connectivity index is 1.42. The molecule has 0 unspecified atom stereocenters. The first-order valence-electron chi connectivity index (χ1n) is 9.44. The summed E-state index contributed by atoms with van der Waals surface area (Å²) in [5.74, 6) is 1.30. The summed E-state index contributed by atoms with van der Waals surface area (Å²) in [6.07, 6.45) is 13.6. The predicted molar refractivity (Wildman–Crippen MR) is 101 cm³/mol. The first kappa shape index (κ1) is 18.3. The molecule has 0 saturated carbocycles. The number of hydrogen-bond donors (Lipinski definition) is 1. The van der Waals surface area contributed by atoms with E-state index < -0.39 is 0 Å². The molecule has 2 N–H and O–H groups in total. The van der Waals surface area contributed by atoms with Gasteiger partial charge in [-0.1, -0.05) is 0 Å². The molecule has 138 valence electrons. The van der Waals surface area contributed by atoms with Crippen LogP contribution in [0.15, 0.2) is 36.9 Å². The molecule has 0 aromatic carbocycles. The first-order chi connectivity index (χ1) is 12.7. The van der Waals surface area contributed by atoms with Gasteiger partial charge in [-0.2, -0.15) is 0 Å². The van der Waals surface area contributed by atoms with Crippen molar-refractivity contribution in [1.82, 2.24) is 19.9 Å². The van der Waals surface area contributed by atoms with Gasteiger partial charge >= 0.3 is 0 Å². The van der Waals surface area contributed by atoms with Gasteiger partial charge in [-0.25, -0.2) is 4.98 Å². The van der Waals surface area contributed by atoms with Crippen molar-refractivity contribution in [3.05, 3.63) is 48.2 Å². The lowest BCUT2D eigenvalue weighted by molar-refractivity contribution is -0.131. The summed E-state index contributed by atoms with van der Waals surface area (Å²) >= 11 is 0. The average molecular weight is 353 g/mol. The number of carbonyl (C=O) groups excluding carboxylic acids is 1. The van der Waals surface area contributed by atoms with E-state index in [4.69, 9.17) is 5.73 Å². The van der Waals surface area contributed by atoms with Crippen molar-refractivity contribution in [2.75, 3.05) is 18.8 Å². The Bertz CT molecular complexity index is 689. The van der Waals surface area contributed by atoms with Crippen molar-refractivity contribution < 1.29 is 4.79 Å². The second-order valence-corrected chi connectivity index (χ2v) is 7.02. The van der Waals surface area contributed by atoms with Crippen LogP contribution >= 0.6 is 0 Å². The van der Waals surface area contributed by atoms with Crippen LogP contribution in [-0.4, -0.2) is 38.8 Å². The molecule has 0 bridgehead atoms. The van der Waals surface area contributed by atoms with Gasteiger partial charge < -0.3 is 10.6 Å². The third-order valence-electron chi connectivity index (χ3n) is 5.03. The number of pyridine rings is 1. The monoisotopic (exact) mass is 353 g/mol. The van der Waals surface area contributed by atoms with E-state index in [-0.39, 0.29) is 5.91 Å². The molecule has 26 heavy (non-hydrogen) atoms. The van der Waals surface area contributed by atoms with Gasteiger partial charge in [0.15, 0.2) is 0 Å². The van der Waals surface area contributed by atoms with Gasteiger partial charge in [0, 0.05) is 31.9 Å². The van der Waals surface area contributed by atoms with Gasteiger partial charge in [-0.3, -0.25) is 14.8 Å². The summed E-state index contributed by atoms with van der Waals surface area (Å²) in [5.41, 5.74) is 7.82. The molecule has 0 spiro atoms. The Kier molecular flexibility index (Phi) is 6.52. The number of nitrogens with two attached hydrogens (primary N) is 1. The smallest absolute Gasteiger partial charge is 0.222 e. The minimum Gasteiger partial charge on any atom is -0.382 e. The second-order valence-electron chi connectivity index (χ2n) is 7.02. The van der Waals surface area contributed by atoms with E-state index in [2.05, 4.69) is 15.0 Å². The number of nitrogens with zero attached hydrogens (tertiary/aromatic N) is 4. The number of nitrogen functional groups attached to an aromatic ring is 1. The minimum absolute atomic E-state index is 0.284. The first-order valence-corrected chi connectivity index (χ1v) is 9.44. The highest BCUT2D eigenvalue weighted by Gasteiger charge is 2.21. The standard InChI is InChI=1S/C20H27N5O/c21-19-15-23-18(14-24-19)13-17-4-2-11-25(12-8-17)20(26)5-1-3-16-6-9-22-10-7-16/h6-7,9-10,14-15,17H,1-5,8,11-13H2,(H2,21,24)/t17-/m0/s1. The maximum atomic E-state index is 12.5. The number of hydrogen-bond acceptors (Lipinski definition) is 5. The Morgan fingerprint density at radius 3 is 2.77 bits per heavy atom. The van der Waals surface area contributed by atoms with E-state index >= 15 is 0 Å². The fraction of sp³-hybridized carbons (Fsp3) is 0.500. The zero-order valence-electron chi connectivity index (χ0n) is 15.2. The van der Waals surface area contributed by atoms with E-state index in [0.717, 1.165) is 57.3 Å². The lowest BCUT2D eigenvalue weighted by Crippen LogP contribution is -2.31. The molecule has 1 amide bonds. The highest BCUT2D eigenvalue weighted by Crippen LogP contribution is 2.22. The molecule has 2 aromatic heterocycles. The van der Waals surface area contributed by atoms with Crippen LogP contribution in [0.2, 0.25) is 0 Å². The predicted octanol–water partition coefficient (Wildman–Crippen LogP) is 2.65. The van der Waals surface area contributed by atoms with Crippen LogP contribution in [0.1, 0.15) is 43.4 Å². The summed E-state index contributed by atoms with van der Waals surface area (Å²) in [6, 6.07) is 4.03. The maximum Gasteiger partial charge on any atom is 0.222 e. The van der Waals surface area contributed by atoms with E-state index in [1.54, 1.807) is 24.8 Å². The summed E-state index contributed by atoms with van der Waals surface area (Å²) in [4.78, 5) is 27.1. The summed E-state index contributed by atoms with van der Waals surface area (Å²) in [5, 5.41) is 0. The molecule has 2 aromatic rings. The normalized spacial score (nSPS) is 17.7. The van der Waals surface area contributed by atoms with E-state index in [9.17, 15) is 4.79 Å². The number of rotatable bonds is 6. The highest BCUT2D eigenvalue weighted by molar-refractivity contribution is 5.76. The number of likely N-dealkylation sites (tertiary alicyclic amines) is 1. The van der Waals surface area contributed by atoms with Gasteiger partial charge in [0.25, 0.3) is 0 Å². The molecule has 3 rings (SSSR count). The number of amides is 1. The Morgan fingerprint density at radius 2 is 2.00 bits per heavy atom. The fourth-order valence-corrected chi connectivity index (χ4v) is 3.54. The number of carbonyl (C=O) groups is 1. The Hall–Kier alpha value is -2.50. The van der Waals surface area contributed by atoms with Crippen LogP contribution in [0.5, 0.6) is 0 Å². The topological polar surface area (TPSA) is 85.0 Å². The van der Waals surface area contributed by atoms with Crippen LogP contribution in [0.3, 0.4) is 0 Å². The van der Waals surface area contributed by atoms with Crippen molar-refractivity contribution in [2.45, 2.75) is 44.9 Å². The largest absolute Gasteiger partial charge is 0.382 e. The van der Waals surface area contributed by atoms with E-state index in [1.165, 1.54) is 5.56 Å². The molecular weight excluding hydrogens is 326 g/mol. The maximum absolute atomic E-state index is 12.5.